The summed E-state index contributed by atoms with van der Waals surface area (Å²) in [6.07, 6.45) is 4.67. The van der Waals surface area contributed by atoms with Crippen molar-refractivity contribution in [3.63, 3.8) is 0 Å². The zero-order chi connectivity index (χ0) is 9.90. The molecule has 0 bridgehead atoms. The molecule has 0 fully saturated rings. The first-order valence-electron chi connectivity index (χ1n) is 3.61. The number of allylic oxidation sites excluding steroid dienone is 1. The predicted molar refractivity (Wildman–Crippen MR) is 46.6 cm³/mol. The molecule has 13 heavy (non-hydrogen) atoms. The zero-order valence-electron chi connectivity index (χ0n) is 6.92. The molecule has 0 aliphatic carbocycles. The van der Waals surface area contributed by atoms with E-state index in [0.717, 1.165) is 0 Å². The number of hydrogen-bond acceptors (Lipinski definition) is 2. The van der Waals surface area contributed by atoms with Crippen molar-refractivity contribution < 1.29 is 17.5 Å². The minimum absolute atomic E-state index is 0.114. The van der Waals surface area contributed by atoms with E-state index in [1.165, 1.54) is 12.3 Å². The molecule has 0 atom stereocenters. The lowest BCUT2D eigenvalue weighted by molar-refractivity contribution is -0.688. The largest absolute Gasteiger partial charge is 0.300 e. The lowest BCUT2D eigenvalue weighted by Crippen LogP contribution is -2.32. The van der Waals surface area contributed by atoms with Crippen LogP contribution in [0.3, 0.4) is 0 Å². The second-order valence-corrected chi connectivity index (χ2v) is 3.92. The summed E-state index contributed by atoms with van der Waals surface area (Å²) in [5, 5.41) is 0. The van der Waals surface area contributed by atoms with Gasteiger partial charge in [0.05, 0.1) is 0 Å². The van der Waals surface area contributed by atoms with Gasteiger partial charge in [-0.3, -0.25) is 4.55 Å². The summed E-state index contributed by atoms with van der Waals surface area (Å²) in [4.78, 5) is -0.114. The summed E-state index contributed by atoms with van der Waals surface area (Å²) >= 11 is 0. The number of pyridine rings is 1. The lowest BCUT2D eigenvalue weighted by Gasteiger charge is -1.94. The highest BCUT2D eigenvalue weighted by Gasteiger charge is 2.12. The van der Waals surface area contributed by atoms with Crippen molar-refractivity contribution in [3.05, 3.63) is 37.2 Å². The molecular weight excluding hydrogens is 190 g/mol. The third-order valence-electron chi connectivity index (χ3n) is 1.47. The average Bonchev–Trinajstić information content (AvgIpc) is 2.04. The Kier molecular flexibility index (Phi) is 2.79. The van der Waals surface area contributed by atoms with Gasteiger partial charge >= 0.3 is 0 Å². The Morgan fingerprint density at radius 2 is 2.31 bits per heavy atom. The van der Waals surface area contributed by atoms with Crippen LogP contribution in [0.15, 0.2) is 42.1 Å². The smallest absolute Gasteiger partial charge is 0.282 e. The van der Waals surface area contributed by atoms with Crippen molar-refractivity contribution in [1.82, 2.24) is 0 Å². The summed E-state index contributed by atoms with van der Waals surface area (Å²) < 4.78 is 31.7. The van der Waals surface area contributed by atoms with Gasteiger partial charge in [-0.1, -0.05) is 6.58 Å². The molecule has 0 aliphatic heterocycles. The topological polar surface area (TPSA) is 58.2 Å². The second-order valence-electron chi connectivity index (χ2n) is 2.50. The lowest BCUT2D eigenvalue weighted by atomic mass is 10.4. The Hall–Kier alpha value is -1.20. The van der Waals surface area contributed by atoms with Crippen LogP contribution in [-0.4, -0.2) is 13.0 Å². The highest BCUT2D eigenvalue weighted by atomic mass is 32.2. The summed E-state index contributed by atoms with van der Waals surface area (Å²) in [7, 11) is -4.10. The van der Waals surface area contributed by atoms with Gasteiger partial charge in [-0.25, -0.2) is 4.57 Å². The van der Waals surface area contributed by atoms with Gasteiger partial charge in [0.1, 0.15) is 0 Å². The molecule has 0 unspecified atom stereocenters. The van der Waals surface area contributed by atoms with E-state index in [9.17, 15) is 8.42 Å². The predicted octanol–water partition coefficient (Wildman–Crippen LogP) is 0.407. The van der Waals surface area contributed by atoms with Crippen molar-refractivity contribution in [1.29, 1.82) is 0 Å². The van der Waals surface area contributed by atoms with Gasteiger partial charge < -0.3 is 0 Å². The quantitative estimate of drug-likeness (QED) is 0.436. The molecule has 1 aromatic heterocycles. The van der Waals surface area contributed by atoms with E-state index in [4.69, 9.17) is 4.55 Å². The van der Waals surface area contributed by atoms with E-state index < -0.39 is 10.1 Å². The van der Waals surface area contributed by atoms with Gasteiger partial charge in [0.25, 0.3) is 10.1 Å². The van der Waals surface area contributed by atoms with Crippen molar-refractivity contribution in [2.45, 2.75) is 11.4 Å². The van der Waals surface area contributed by atoms with Gasteiger partial charge in [0.15, 0.2) is 23.8 Å². The first-order valence-corrected chi connectivity index (χ1v) is 5.05. The fraction of sp³-hybridized carbons (Fsp3) is 0.125. The van der Waals surface area contributed by atoms with E-state index in [-0.39, 0.29) is 4.90 Å². The Labute approximate surface area is 76.9 Å². The number of hydrogen-bond donors (Lipinski definition) is 1. The van der Waals surface area contributed by atoms with Crippen LogP contribution in [0, 0.1) is 0 Å². The van der Waals surface area contributed by atoms with Crippen LogP contribution in [-0.2, 0) is 16.7 Å². The van der Waals surface area contributed by atoms with Crippen LogP contribution in [0.1, 0.15) is 0 Å². The molecule has 0 amide bonds. The van der Waals surface area contributed by atoms with Crippen LogP contribution in [0.25, 0.3) is 0 Å². The summed E-state index contributed by atoms with van der Waals surface area (Å²) in [6, 6.07) is 2.88. The van der Waals surface area contributed by atoms with Crippen LogP contribution < -0.4 is 4.57 Å². The van der Waals surface area contributed by atoms with Gasteiger partial charge in [0, 0.05) is 6.07 Å². The third kappa shape index (κ3) is 2.64. The molecule has 1 N–H and O–H groups in total. The summed E-state index contributed by atoms with van der Waals surface area (Å²) in [5.74, 6) is 0. The van der Waals surface area contributed by atoms with Crippen molar-refractivity contribution in [3.8, 4) is 0 Å². The molecule has 0 radical (unpaired) electrons. The maximum Gasteiger partial charge on any atom is 0.300 e. The fourth-order valence-electron chi connectivity index (χ4n) is 0.913. The standard InChI is InChI=1S/C8H9NO3S/c1-2-5-9-6-3-4-8(7-9)13(10,11)12/h2-4,6-7H,1,5H2/p+1. The summed E-state index contributed by atoms with van der Waals surface area (Å²) in [6.45, 7) is 4.02. The van der Waals surface area contributed by atoms with E-state index in [0.29, 0.717) is 6.54 Å². The Bertz CT molecular complexity index is 411. The molecule has 1 rings (SSSR count). The Balaban J connectivity index is 3.13. The maximum absolute atomic E-state index is 10.7. The maximum atomic E-state index is 10.7. The first-order chi connectivity index (χ1) is 6.04. The monoisotopic (exact) mass is 200 g/mol. The van der Waals surface area contributed by atoms with Gasteiger partial charge in [-0.05, 0) is 12.1 Å². The molecule has 1 heterocycles. The molecule has 0 aromatic carbocycles. The van der Waals surface area contributed by atoms with Crippen LogP contribution in [0.2, 0.25) is 0 Å². The normalized spacial score (nSPS) is 11.2. The molecule has 70 valence electrons. The second kappa shape index (κ2) is 3.68. The fourth-order valence-corrected chi connectivity index (χ4v) is 1.43. The highest BCUT2D eigenvalue weighted by Crippen LogP contribution is 2.02. The molecule has 4 nitrogen and oxygen atoms in total. The number of aromatic nitrogens is 1. The molecule has 1 aromatic rings. The zero-order valence-corrected chi connectivity index (χ0v) is 7.74. The van der Waals surface area contributed by atoms with Crippen molar-refractivity contribution >= 4 is 10.1 Å². The highest BCUT2D eigenvalue weighted by molar-refractivity contribution is 7.85. The van der Waals surface area contributed by atoms with E-state index in [2.05, 4.69) is 6.58 Å². The van der Waals surface area contributed by atoms with Crippen LogP contribution in [0.4, 0.5) is 0 Å². The van der Waals surface area contributed by atoms with Gasteiger partial charge in [-0.2, -0.15) is 8.42 Å². The Morgan fingerprint density at radius 1 is 1.62 bits per heavy atom. The van der Waals surface area contributed by atoms with E-state index in [1.54, 1.807) is 22.9 Å². The third-order valence-corrected chi connectivity index (χ3v) is 2.31. The van der Waals surface area contributed by atoms with Crippen molar-refractivity contribution in [2.75, 3.05) is 0 Å². The average molecular weight is 200 g/mol. The van der Waals surface area contributed by atoms with Crippen LogP contribution in [0.5, 0.6) is 0 Å². The van der Waals surface area contributed by atoms with Gasteiger partial charge in [0.2, 0.25) is 0 Å². The Morgan fingerprint density at radius 3 is 2.85 bits per heavy atom. The van der Waals surface area contributed by atoms with Crippen LogP contribution >= 0.6 is 0 Å². The van der Waals surface area contributed by atoms with Gasteiger partial charge in [-0.15, -0.1) is 0 Å². The molecule has 0 saturated heterocycles. The molecule has 0 saturated carbocycles. The SMILES string of the molecule is C=CC[n+]1cccc(S(=O)(=O)O)c1. The molecular formula is C8H10NO3S+. The number of rotatable bonds is 3. The minimum Gasteiger partial charge on any atom is -0.282 e. The first kappa shape index (κ1) is 9.88. The minimum atomic E-state index is -4.10. The molecule has 5 heteroatoms. The van der Waals surface area contributed by atoms with E-state index in [1.807, 2.05) is 0 Å². The summed E-state index contributed by atoms with van der Waals surface area (Å²) in [5.41, 5.74) is 0. The van der Waals surface area contributed by atoms with Crippen molar-refractivity contribution in [2.24, 2.45) is 0 Å². The van der Waals surface area contributed by atoms with E-state index >= 15 is 0 Å². The molecule has 0 spiro atoms. The number of nitrogens with zero attached hydrogens (tertiary/aromatic N) is 1. The molecule has 0 aliphatic rings.